The third kappa shape index (κ3) is 2.94. The van der Waals surface area contributed by atoms with Crippen molar-refractivity contribution in [2.75, 3.05) is 14.2 Å². The van der Waals surface area contributed by atoms with Crippen molar-refractivity contribution in [2.45, 2.75) is 0 Å². The van der Waals surface area contributed by atoms with Crippen LogP contribution in [0.2, 0.25) is 0 Å². The van der Waals surface area contributed by atoms with E-state index in [1.807, 2.05) is 18.2 Å². The van der Waals surface area contributed by atoms with Crippen LogP contribution >= 0.6 is 0 Å². The van der Waals surface area contributed by atoms with Crippen molar-refractivity contribution in [3.8, 4) is 17.2 Å². The zero-order valence-corrected chi connectivity index (χ0v) is 13.2. The number of hydrogen-bond acceptors (Lipinski definition) is 5. The molecule has 0 unspecified atom stereocenters. The molecule has 1 aromatic heterocycles. The number of phenols is 1. The molecule has 0 saturated carbocycles. The number of H-pyrrole nitrogens is 1. The van der Waals surface area contributed by atoms with Gasteiger partial charge in [0.15, 0.2) is 5.78 Å². The number of nitrogens with zero attached hydrogens (tertiary/aromatic N) is 1. The minimum atomic E-state index is -0.367. The Labute approximate surface area is 138 Å². The Balaban J connectivity index is 1.91. The quantitative estimate of drug-likeness (QED) is 0.556. The topological polar surface area (TPSA) is 84.4 Å². The molecule has 6 heteroatoms. The van der Waals surface area contributed by atoms with Gasteiger partial charge < -0.3 is 19.6 Å². The maximum absolute atomic E-state index is 12.4. The molecule has 0 aliphatic rings. The predicted octanol–water partition coefficient (Wildman–Crippen LogP) is 3.18. The minimum absolute atomic E-state index is 0.0930. The van der Waals surface area contributed by atoms with E-state index in [-0.39, 0.29) is 22.8 Å². The average molecular weight is 324 g/mol. The average Bonchev–Trinajstić information content (AvgIpc) is 3.06. The maximum atomic E-state index is 12.4. The molecule has 2 aromatic carbocycles. The summed E-state index contributed by atoms with van der Waals surface area (Å²) in [6.07, 6.45) is 4.67. The molecule has 3 aromatic rings. The molecular formula is C18H16N2O4. The smallest absolute Gasteiger partial charge is 0.193 e. The molecule has 3 rings (SSSR count). The van der Waals surface area contributed by atoms with E-state index in [2.05, 4.69) is 9.97 Å². The van der Waals surface area contributed by atoms with Crippen LogP contribution in [-0.4, -0.2) is 35.1 Å². The summed E-state index contributed by atoms with van der Waals surface area (Å²) in [7, 11) is 2.90. The highest BCUT2D eigenvalue weighted by atomic mass is 16.5. The van der Waals surface area contributed by atoms with Crippen molar-refractivity contribution in [1.82, 2.24) is 9.97 Å². The third-order valence-corrected chi connectivity index (χ3v) is 3.63. The fraction of sp³-hybridized carbons (Fsp3) is 0.111. The number of fused-ring (bicyclic) bond motifs is 1. The lowest BCUT2D eigenvalue weighted by Crippen LogP contribution is -2.00. The van der Waals surface area contributed by atoms with E-state index in [1.165, 1.54) is 26.4 Å². The summed E-state index contributed by atoms with van der Waals surface area (Å²) in [6, 6.07) is 8.55. The lowest BCUT2D eigenvalue weighted by Gasteiger charge is -2.10. The number of aromatic hydroxyl groups is 1. The predicted molar refractivity (Wildman–Crippen MR) is 90.7 cm³/mol. The van der Waals surface area contributed by atoms with Gasteiger partial charge in [-0.1, -0.05) is 12.1 Å². The molecule has 0 saturated heterocycles. The van der Waals surface area contributed by atoms with Crippen LogP contribution in [0.25, 0.3) is 17.1 Å². The van der Waals surface area contributed by atoms with Crippen molar-refractivity contribution in [1.29, 1.82) is 0 Å². The lowest BCUT2D eigenvalue weighted by molar-refractivity contribution is 0.104. The van der Waals surface area contributed by atoms with Gasteiger partial charge in [0, 0.05) is 12.1 Å². The second-order valence-corrected chi connectivity index (χ2v) is 5.10. The van der Waals surface area contributed by atoms with E-state index in [0.29, 0.717) is 5.75 Å². The molecule has 0 spiro atoms. The molecule has 0 radical (unpaired) electrons. The number of ether oxygens (including phenoxy) is 2. The van der Waals surface area contributed by atoms with Crippen LogP contribution in [0.4, 0.5) is 0 Å². The Morgan fingerprint density at radius 1 is 1.21 bits per heavy atom. The van der Waals surface area contributed by atoms with Gasteiger partial charge in [0.25, 0.3) is 0 Å². The molecular weight excluding hydrogens is 308 g/mol. The first kappa shape index (κ1) is 15.6. The number of carbonyl (C=O) groups excluding carboxylic acids is 1. The second kappa shape index (κ2) is 6.45. The van der Waals surface area contributed by atoms with Gasteiger partial charge in [-0.2, -0.15) is 0 Å². The van der Waals surface area contributed by atoms with Gasteiger partial charge in [-0.25, -0.2) is 4.98 Å². The Morgan fingerprint density at radius 2 is 2.04 bits per heavy atom. The highest BCUT2D eigenvalue weighted by Gasteiger charge is 2.17. The number of aromatic amines is 1. The number of hydrogen-bond donors (Lipinski definition) is 2. The van der Waals surface area contributed by atoms with Crippen molar-refractivity contribution < 1.29 is 19.4 Å². The summed E-state index contributed by atoms with van der Waals surface area (Å²) in [5.74, 6) is 0.107. The maximum Gasteiger partial charge on any atom is 0.193 e. The molecule has 0 amide bonds. The summed E-state index contributed by atoms with van der Waals surface area (Å²) in [4.78, 5) is 19.6. The van der Waals surface area contributed by atoms with Gasteiger partial charge in [0.2, 0.25) is 0 Å². The van der Waals surface area contributed by atoms with E-state index >= 15 is 0 Å². The number of benzene rings is 2. The first-order valence-corrected chi connectivity index (χ1v) is 7.23. The molecule has 24 heavy (non-hydrogen) atoms. The first-order chi connectivity index (χ1) is 11.6. The first-order valence-electron chi connectivity index (χ1n) is 7.23. The fourth-order valence-corrected chi connectivity index (χ4v) is 2.41. The van der Waals surface area contributed by atoms with E-state index < -0.39 is 0 Å². The molecule has 0 fully saturated rings. The van der Waals surface area contributed by atoms with Crippen molar-refractivity contribution >= 4 is 22.9 Å². The van der Waals surface area contributed by atoms with Gasteiger partial charge in [0.1, 0.15) is 22.8 Å². The monoisotopic (exact) mass is 324 g/mol. The molecule has 1 heterocycles. The zero-order chi connectivity index (χ0) is 17.1. The van der Waals surface area contributed by atoms with Crippen LogP contribution < -0.4 is 9.47 Å². The number of imidazole rings is 1. The lowest BCUT2D eigenvalue weighted by atomic mass is 10.1. The third-order valence-electron chi connectivity index (χ3n) is 3.63. The molecule has 2 N–H and O–H groups in total. The molecule has 122 valence electrons. The number of carbonyl (C=O) groups is 1. The van der Waals surface area contributed by atoms with E-state index in [0.717, 1.165) is 16.6 Å². The van der Waals surface area contributed by atoms with Gasteiger partial charge in [-0.3, -0.25) is 4.79 Å². The number of aromatic nitrogens is 2. The summed E-state index contributed by atoms with van der Waals surface area (Å²) in [5.41, 5.74) is 2.66. The highest BCUT2D eigenvalue weighted by molar-refractivity contribution is 6.10. The number of ketones is 1. The molecule has 0 aliphatic heterocycles. The summed E-state index contributed by atoms with van der Waals surface area (Å²) in [5, 5.41) is 10.1. The number of allylic oxidation sites excluding steroid dienone is 1. The van der Waals surface area contributed by atoms with Gasteiger partial charge >= 0.3 is 0 Å². The Bertz CT molecular complexity index is 928. The fourth-order valence-electron chi connectivity index (χ4n) is 2.41. The SMILES string of the molecule is COc1cc(O)c(C(=O)/C=C/c2ccc3[nH]cnc3c2)c(OC)c1. The Morgan fingerprint density at radius 3 is 2.79 bits per heavy atom. The second-order valence-electron chi connectivity index (χ2n) is 5.10. The highest BCUT2D eigenvalue weighted by Crippen LogP contribution is 2.33. The van der Waals surface area contributed by atoms with E-state index in [9.17, 15) is 9.90 Å². The van der Waals surface area contributed by atoms with Crippen LogP contribution in [0, 0.1) is 0 Å². The van der Waals surface area contributed by atoms with E-state index in [4.69, 9.17) is 9.47 Å². The summed E-state index contributed by atoms with van der Waals surface area (Å²) in [6.45, 7) is 0. The van der Waals surface area contributed by atoms with Crippen LogP contribution in [0.3, 0.4) is 0 Å². The number of phenolic OH excluding ortho intramolecular Hbond substituents is 1. The molecule has 0 atom stereocenters. The normalized spacial score (nSPS) is 11.1. The van der Waals surface area contributed by atoms with Gasteiger partial charge in [-0.05, 0) is 23.8 Å². The molecule has 0 bridgehead atoms. The van der Waals surface area contributed by atoms with Crippen molar-refractivity contribution in [3.63, 3.8) is 0 Å². The number of nitrogens with one attached hydrogen (secondary N) is 1. The Kier molecular flexibility index (Phi) is 4.20. The number of rotatable bonds is 5. The van der Waals surface area contributed by atoms with Crippen LogP contribution in [0.5, 0.6) is 17.2 Å². The summed E-state index contributed by atoms with van der Waals surface area (Å²) < 4.78 is 10.2. The number of methoxy groups -OCH3 is 2. The van der Waals surface area contributed by atoms with Crippen LogP contribution in [-0.2, 0) is 0 Å². The van der Waals surface area contributed by atoms with Gasteiger partial charge in [0.05, 0.1) is 31.6 Å². The van der Waals surface area contributed by atoms with E-state index in [1.54, 1.807) is 18.5 Å². The summed E-state index contributed by atoms with van der Waals surface area (Å²) >= 11 is 0. The minimum Gasteiger partial charge on any atom is -0.507 e. The molecule has 6 nitrogen and oxygen atoms in total. The van der Waals surface area contributed by atoms with Crippen LogP contribution in [0.15, 0.2) is 42.7 Å². The van der Waals surface area contributed by atoms with Gasteiger partial charge in [-0.15, -0.1) is 0 Å². The standard InChI is InChI=1S/C18H16N2O4/c1-23-12-8-16(22)18(17(9-12)24-2)15(21)6-4-11-3-5-13-14(7-11)20-10-19-13/h3-10,22H,1-2H3,(H,19,20)/b6-4+. The van der Waals surface area contributed by atoms with Crippen molar-refractivity contribution in [2.24, 2.45) is 0 Å². The van der Waals surface area contributed by atoms with Crippen LogP contribution in [0.1, 0.15) is 15.9 Å². The largest absolute Gasteiger partial charge is 0.507 e. The molecule has 0 aliphatic carbocycles. The zero-order valence-electron chi connectivity index (χ0n) is 13.2. The Hall–Kier alpha value is -3.28. The van der Waals surface area contributed by atoms with Crippen molar-refractivity contribution in [3.05, 3.63) is 53.9 Å².